The summed E-state index contributed by atoms with van der Waals surface area (Å²) in [7, 11) is -3.73. The zero-order valence-electron chi connectivity index (χ0n) is 18.9. The second-order valence-electron chi connectivity index (χ2n) is 8.60. The van der Waals surface area contributed by atoms with E-state index in [1.54, 1.807) is 0 Å². The number of sulfonamides is 1. The summed E-state index contributed by atoms with van der Waals surface area (Å²) >= 11 is 5.60. The van der Waals surface area contributed by atoms with Gasteiger partial charge < -0.3 is 10.1 Å². The van der Waals surface area contributed by atoms with E-state index in [1.807, 2.05) is 19.2 Å². The Bertz CT molecular complexity index is 1190. The third-order valence-electron chi connectivity index (χ3n) is 5.46. The quantitative estimate of drug-likeness (QED) is 0.538. The number of alkyl halides is 3. The lowest BCUT2D eigenvalue weighted by Crippen LogP contribution is -2.42. The van der Waals surface area contributed by atoms with Crippen LogP contribution in [-0.2, 0) is 25.7 Å². The van der Waals surface area contributed by atoms with Crippen LogP contribution >= 0.6 is 11.6 Å². The number of rotatable bonds is 6. The van der Waals surface area contributed by atoms with Crippen molar-refractivity contribution in [2.75, 3.05) is 25.0 Å². The van der Waals surface area contributed by atoms with E-state index in [1.165, 1.54) is 34.6 Å². The molecule has 1 N–H and O–H groups in total. The molecule has 1 heterocycles. The van der Waals surface area contributed by atoms with Crippen LogP contribution in [-0.4, -0.2) is 44.3 Å². The molecule has 0 aliphatic carbocycles. The molecule has 12 heteroatoms. The normalized spacial score (nSPS) is 19.3. The molecule has 1 saturated heterocycles. The Morgan fingerprint density at radius 2 is 1.69 bits per heavy atom. The number of hydrogen-bond donors (Lipinski definition) is 1. The Morgan fingerprint density at radius 1 is 1.09 bits per heavy atom. The fraction of sp³-hybridized carbons (Fsp3) is 0.391. The van der Waals surface area contributed by atoms with Crippen molar-refractivity contribution in [1.29, 1.82) is 0 Å². The van der Waals surface area contributed by atoms with Crippen LogP contribution in [0.4, 0.5) is 18.9 Å². The Hall–Kier alpha value is -2.63. The molecule has 2 aromatic carbocycles. The van der Waals surface area contributed by atoms with E-state index < -0.39 is 45.9 Å². The number of piperidine rings is 1. The minimum Gasteiger partial charge on any atom is -0.452 e. The van der Waals surface area contributed by atoms with E-state index in [2.05, 4.69) is 0 Å². The van der Waals surface area contributed by atoms with Crippen molar-refractivity contribution in [3.63, 3.8) is 0 Å². The Balaban J connectivity index is 1.62. The average molecular weight is 533 g/mol. The van der Waals surface area contributed by atoms with Gasteiger partial charge in [-0.25, -0.2) is 13.2 Å². The first-order chi connectivity index (χ1) is 16.3. The fourth-order valence-electron chi connectivity index (χ4n) is 3.97. The molecule has 1 amide bonds. The number of anilines is 1. The molecule has 3 rings (SSSR count). The Kier molecular flexibility index (Phi) is 8.13. The number of hydrogen-bond acceptors (Lipinski definition) is 5. The first kappa shape index (κ1) is 27.0. The number of carbonyl (C=O) groups excluding carboxylic acids is 2. The zero-order valence-corrected chi connectivity index (χ0v) is 20.5. The third kappa shape index (κ3) is 6.74. The van der Waals surface area contributed by atoms with Crippen LogP contribution in [0.5, 0.6) is 0 Å². The zero-order chi connectivity index (χ0) is 26.0. The summed E-state index contributed by atoms with van der Waals surface area (Å²) in [4.78, 5) is 24.3. The lowest BCUT2D eigenvalue weighted by molar-refractivity contribution is -0.137. The van der Waals surface area contributed by atoms with Gasteiger partial charge in [-0.3, -0.25) is 4.79 Å². The molecule has 1 aliphatic heterocycles. The molecular weight excluding hydrogens is 509 g/mol. The maximum Gasteiger partial charge on any atom is 0.418 e. The first-order valence-corrected chi connectivity index (χ1v) is 12.5. The van der Waals surface area contributed by atoms with Gasteiger partial charge in [0.15, 0.2) is 6.61 Å². The maximum absolute atomic E-state index is 13.1. The highest BCUT2D eigenvalue weighted by molar-refractivity contribution is 7.89. The minimum atomic E-state index is -4.75. The van der Waals surface area contributed by atoms with Crippen LogP contribution in [0.25, 0.3) is 0 Å². The van der Waals surface area contributed by atoms with Crippen molar-refractivity contribution in [3.05, 3.63) is 58.6 Å². The van der Waals surface area contributed by atoms with Gasteiger partial charge in [0.05, 0.1) is 21.7 Å². The number of benzene rings is 2. The van der Waals surface area contributed by atoms with E-state index in [0.717, 1.165) is 12.5 Å². The standard InChI is InChI=1S/C23H24ClF3N2O5S/c1-14-9-15(2)12-29(11-14)35(32,33)18-6-3-16(4-7-18)22(31)34-13-21(30)28-20-8-5-17(24)10-19(20)23(25,26)27/h3-8,10,14-15H,9,11-13H2,1-2H3,(H,28,30)/t14-,15+. The van der Waals surface area contributed by atoms with Crippen LogP contribution in [0.3, 0.4) is 0 Å². The van der Waals surface area contributed by atoms with E-state index >= 15 is 0 Å². The van der Waals surface area contributed by atoms with Crippen molar-refractivity contribution in [2.45, 2.75) is 31.3 Å². The van der Waals surface area contributed by atoms with Crippen molar-refractivity contribution >= 4 is 39.2 Å². The molecule has 35 heavy (non-hydrogen) atoms. The molecule has 0 spiro atoms. The predicted octanol–water partition coefficient (Wildman–Crippen LogP) is 4.82. The van der Waals surface area contributed by atoms with Gasteiger partial charge in [-0.05, 0) is 60.7 Å². The highest BCUT2D eigenvalue weighted by atomic mass is 35.5. The lowest BCUT2D eigenvalue weighted by atomic mass is 9.94. The summed E-state index contributed by atoms with van der Waals surface area (Å²) in [6.07, 6.45) is -3.81. The summed E-state index contributed by atoms with van der Waals surface area (Å²) in [5.74, 6) is -1.46. The maximum atomic E-state index is 13.1. The second kappa shape index (κ2) is 10.5. The van der Waals surface area contributed by atoms with E-state index in [0.29, 0.717) is 19.2 Å². The van der Waals surface area contributed by atoms with Crippen molar-refractivity contribution < 1.29 is 35.9 Å². The Morgan fingerprint density at radius 3 is 2.26 bits per heavy atom. The molecule has 0 bridgehead atoms. The molecule has 2 aromatic rings. The SMILES string of the molecule is C[C@@H]1C[C@H](C)CN(S(=O)(=O)c2ccc(C(=O)OCC(=O)Nc3ccc(Cl)cc3C(F)(F)F)cc2)C1. The van der Waals surface area contributed by atoms with Gasteiger partial charge in [0, 0.05) is 18.1 Å². The molecule has 1 fully saturated rings. The van der Waals surface area contributed by atoms with Crippen molar-refractivity contribution in [2.24, 2.45) is 11.8 Å². The van der Waals surface area contributed by atoms with Gasteiger partial charge in [-0.1, -0.05) is 25.4 Å². The highest BCUT2D eigenvalue weighted by Crippen LogP contribution is 2.36. The molecule has 0 saturated carbocycles. The molecule has 0 aromatic heterocycles. The fourth-order valence-corrected chi connectivity index (χ4v) is 5.83. The summed E-state index contributed by atoms with van der Waals surface area (Å²) < 4.78 is 71.6. The van der Waals surface area contributed by atoms with Gasteiger partial charge in [0.1, 0.15) is 0 Å². The van der Waals surface area contributed by atoms with E-state index in [4.69, 9.17) is 16.3 Å². The summed E-state index contributed by atoms with van der Waals surface area (Å²) in [6, 6.07) is 7.91. The van der Waals surface area contributed by atoms with Crippen LogP contribution in [0.1, 0.15) is 36.2 Å². The summed E-state index contributed by atoms with van der Waals surface area (Å²) in [5, 5.41) is 1.89. The molecule has 1 aliphatic rings. The lowest BCUT2D eigenvalue weighted by Gasteiger charge is -2.34. The summed E-state index contributed by atoms with van der Waals surface area (Å²) in [6.45, 7) is 3.96. The topological polar surface area (TPSA) is 92.8 Å². The highest BCUT2D eigenvalue weighted by Gasteiger charge is 2.34. The number of halogens is 4. The van der Waals surface area contributed by atoms with Crippen molar-refractivity contribution in [1.82, 2.24) is 4.31 Å². The molecule has 2 atom stereocenters. The van der Waals surface area contributed by atoms with Crippen LogP contribution in [0.2, 0.25) is 5.02 Å². The van der Waals surface area contributed by atoms with Crippen LogP contribution < -0.4 is 5.32 Å². The largest absolute Gasteiger partial charge is 0.452 e. The predicted molar refractivity (Wildman–Crippen MR) is 124 cm³/mol. The van der Waals surface area contributed by atoms with Crippen molar-refractivity contribution in [3.8, 4) is 0 Å². The molecule has 0 unspecified atom stereocenters. The van der Waals surface area contributed by atoms with E-state index in [-0.39, 0.29) is 27.3 Å². The monoisotopic (exact) mass is 532 g/mol. The van der Waals surface area contributed by atoms with Crippen LogP contribution in [0, 0.1) is 11.8 Å². The van der Waals surface area contributed by atoms with Crippen LogP contribution in [0.15, 0.2) is 47.4 Å². The van der Waals surface area contributed by atoms with Gasteiger partial charge in [-0.2, -0.15) is 17.5 Å². The smallest absolute Gasteiger partial charge is 0.418 e. The van der Waals surface area contributed by atoms with Gasteiger partial charge >= 0.3 is 12.1 Å². The first-order valence-electron chi connectivity index (χ1n) is 10.7. The Labute approximate surface area is 206 Å². The average Bonchev–Trinajstić information content (AvgIpc) is 2.77. The summed E-state index contributed by atoms with van der Waals surface area (Å²) in [5.41, 5.74) is -1.68. The molecule has 190 valence electrons. The third-order valence-corrected chi connectivity index (χ3v) is 7.54. The number of nitrogens with zero attached hydrogens (tertiary/aromatic N) is 1. The van der Waals surface area contributed by atoms with Gasteiger partial charge in [0.25, 0.3) is 5.91 Å². The van der Waals surface area contributed by atoms with Gasteiger partial charge in [-0.15, -0.1) is 0 Å². The van der Waals surface area contributed by atoms with E-state index in [9.17, 15) is 31.2 Å². The number of esters is 1. The minimum absolute atomic E-state index is 0.0143. The number of carbonyl (C=O) groups is 2. The molecule has 0 radical (unpaired) electrons. The number of amides is 1. The molecule has 7 nitrogen and oxygen atoms in total. The van der Waals surface area contributed by atoms with Gasteiger partial charge in [0.2, 0.25) is 10.0 Å². The second-order valence-corrected chi connectivity index (χ2v) is 11.0. The number of nitrogens with one attached hydrogen (secondary N) is 1. The molecular formula is C23H24ClF3N2O5S. The number of ether oxygens (including phenoxy) is 1.